The lowest BCUT2D eigenvalue weighted by Gasteiger charge is -2.26. The third-order valence-corrected chi connectivity index (χ3v) is 6.20. The molecule has 197 valence electrons. The number of carbonyl (C=O) groups is 2. The van der Waals surface area contributed by atoms with E-state index in [0.717, 1.165) is 65.7 Å². The molecule has 0 atom stereocenters. The van der Waals surface area contributed by atoms with Gasteiger partial charge in [-0.25, -0.2) is 0 Å². The van der Waals surface area contributed by atoms with Crippen LogP contribution in [0.2, 0.25) is 0 Å². The highest BCUT2D eigenvalue weighted by Crippen LogP contribution is 2.16. The molecule has 0 saturated carbocycles. The number of hydrogen-bond donors (Lipinski definition) is 2. The van der Waals surface area contributed by atoms with Crippen molar-refractivity contribution in [1.29, 1.82) is 0 Å². The maximum atomic E-state index is 12.5. The SMILES string of the molecule is O=C(NCCN1CCOCC1)c1cccc(O[B]Oc2cccc(C(=O)NCCN3CCOCC3)c2)c1. The van der Waals surface area contributed by atoms with E-state index < -0.39 is 0 Å². The first kappa shape index (κ1) is 26.9. The molecule has 2 aromatic rings. The van der Waals surface area contributed by atoms with Crippen LogP contribution < -0.4 is 19.9 Å². The first-order valence-corrected chi connectivity index (χ1v) is 12.7. The van der Waals surface area contributed by atoms with Crippen LogP contribution in [0.25, 0.3) is 0 Å². The molecule has 0 aromatic heterocycles. The minimum Gasteiger partial charge on any atom is -0.526 e. The Morgan fingerprint density at radius 2 is 1.16 bits per heavy atom. The first-order valence-electron chi connectivity index (χ1n) is 12.7. The first-order chi connectivity index (χ1) is 18.2. The lowest BCUT2D eigenvalue weighted by molar-refractivity contribution is 0.0382. The van der Waals surface area contributed by atoms with Crippen LogP contribution in [0.15, 0.2) is 48.5 Å². The predicted molar refractivity (Wildman–Crippen MR) is 139 cm³/mol. The topological polar surface area (TPSA) is 102 Å². The second-order valence-electron chi connectivity index (χ2n) is 8.81. The summed E-state index contributed by atoms with van der Waals surface area (Å²) in [6.07, 6.45) is 0. The Bertz CT molecular complexity index is 935. The molecular formula is C26H34BN4O6. The van der Waals surface area contributed by atoms with Gasteiger partial charge in [-0.3, -0.25) is 19.4 Å². The monoisotopic (exact) mass is 509 g/mol. The highest BCUT2D eigenvalue weighted by atomic mass is 16.6. The maximum absolute atomic E-state index is 12.5. The molecule has 0 bridgehead atoms. The Balaban J connectivity index is 1.18. The molecule has 10 nitrogen and oxygen atoms in total. The van der Waals surface area contributed by atoms with Crippen molar-refractivity contribution in [1.82, 2.24) is 20.4 Å². The largest absolute Gasteiger partial charge is 0.658 e. The molecule has 2 aliphatic heterocycles. The van der Waals surface area contributed by atoms with Crippen molar-refractivity contribution in [2.75, 3.05) is 78.8 Å². The van der Waals surface area contributed by atoms with Crippen LogP contribution in [0, 0.1) is 0 Å². The van der Waals surface area contributed by atoms with Gasteiger partial charge in [-0.1, -0.05) is 12.1 Å². The smallest absolute Gasteiger partial charge is 0.526 e. The van der Waals surface area contributed by atoms with Crippen LogP contribution >= 0.6 is 0 Å². The van der Waals surface area contributed by atoms with E-state index in [1.165, 1.54) is 7.69 Å². The third kappa shape index (κ3) is 9.05. The summed E-state index contributed by atoms with van der Waals surface area (Å²) in [4.78, 5) is 29.5. The van der Waals surface area contributed by atoms with Crippen LogP contribution in [0.1, 0.15) is 20.7 Å². The molecule has 2 aliphatic rings. The number of morpholine rings is 2. The minimum atomic E-state index is -0.160. The Morgan fingerprint density at radius 1 is 0.730 bits per heavy atom. The number of rotatable bonds is 12. The quantitative estimate of drug-likeness (QED) is 0.406. The molecule has 37 heavy (non-hydrogen) atoms. The van der Waals surface area contributed by atoms with Gasteiger partial charge in [0.2, 0.25) is 0 Å². The van der Waals surface area contributed by atoms with Crippen LogP contribution in [0.4, 0.5) is 0 Å². The molecule has 0 spiro atoms. The van der Waals surface area contributed by atoms with Crippen LogP contribution in [0.3, 0.4) is 0 Å². The van der Waals surface area contributed by atoms with Crippen molar-refractivity contribution in [3.05, 3.63) is 59.7 Å². The standard InChI is InChI=1S/C26H34BN4O6/c32-25(28-7-9-30-11-15-34-16-12-30)21-3-1-5-23(19-21)36-27-37-24-6-2-4-22(20-24)26(33)29-8-10-31-13-17-35-18-14-31/h1-6,19-20H,7-18H2,(H,28,32)(H,29,33). The van der Waals surface area contributed by atoms with Gasteiger partial charge in [-0.05, 0) is 36.4 Å². The van der Waals surface area contributed by atoms with E-state index in [1.54, 1.807) is 48.5 Å². The number of benzene rings is 2. The lowest BCUT2D eigenvalue weighted by atomic mass is 10.2. The summed E-state index contributed by atoms with van der Waals surface area (Å²) in [6, 6.07) is 13.8. The van der Waals surface area contributed by atoms with Gasteiger partial charge in [0.15, 0.2) is 0 Å². The zero-order valence-corrected chi connectivity index (χ0v) is 21.0. The summed E-state index contributed by atoms with van der Waals surface area (Å²) >= 11 is 0. The summed E-state index contributed by atoms with van der Waals surface area (Å²) < 4.78 is 21.8. The van der Waals surface area contributed by atoms with E-state index in [4.69, 9.17) is 18.8 Å². The summed E-state index contributed by atoms with van der Waals surface area (Å²) in [5, 5.41) is 5.88. The summed E-state index contributed by atoms with van der Waals surface area (Å²) in [6.45, 7) is 9.20. The molecule has 0 unspecified atom stereocenters. The fraction of sp³-hybridized carbons (Fsp3) is 0.462. The van der Waals surface area contributed by atoms with Crippen LogP contribution in [-0.2, 0) is 9.47 Å². The Morgan fingerprint density at radius 3 is 1.59 bits per heavy atom. The highest BCUT2D eigenvalue weighted by molar-refractivity contribution is 6.20. The zero-order valence-electron chi connectivity index (χ0n) is 21.0. The number of nitrogens with one attached hydrogen (secondary N) is 2. The van der Waals surface area contributed by atoms with E-state index in [-0.39, 0.29) is 11.8 Å². The molecule has 0 aliphatic carbocycles. The van der Waals surface area contributed by atoms with E-state index in [9.17, 15) is 9.59 Å². The fourth-order valence-corrected chi connectivity index (χ4v) is 4.07. The Kier molecular flexibility index (Phi) is 10.6. The number of amides is 2. The van der Waals surface area contributed by atoms with Crippen LogP contribution in [0.5, 0.6) is 11.5 Å². The van der Waals surface area contributed by atoms with Crippen molar-refractivity contribution < 1.29 is 28.4 Å². The van der Waals surface area contributed by atoms with Crippen molar-refractivity contribution in [3.8, 4) is 11.5 Å². The van der Waals surface area contributed by atoms with Gasteiger partial charge in [0.1, 0.15) is 11.5 Å². The Hall–Kier alpha value is -3.12. The normalized spacial score (nSPS) is 16.5. The van der Waals surface area contributed by atoms with Gasteiger partial charge in [-0.2, -0.15) is 0 Å². The molecule has 2 amide bonds. The predicted octanol–water partition coefficient (Wildman–Crippen LogP) is 0.803. The van der Waals surface area contributed by atoms with E-state index in [2.05, 4.69) is 20.4 Å². The minimum absolute atomic E-state index is 0.160. The number of hydrogen-bond acceptors (Lipinski definition) is 8. The third-order valence-electron chi connectivity index (χ3n) is 6.20. The average molecular weight is 509 g/mol. The van der Waals surface area contributed by atoms with Crippen molar-refractivity contribution in [2.45, 2.75) is 0 Å². The van der Waals surface area contributed by atoms with E-state index in [0.29, 0.717) is 35.7 Å². The van der Waals surface area contributed by atoms with Crippen molar-refractivity contribution in [2.24, 2.45) is 0 Å². The second kappa shape index (κ2) is 14.6. The molecule has 2 fully saturated rings. The fourth-order valence-electron chi connectivity index (χ4n) is 4.07. The van der Waals surface area contributed by atoms with E-state index in [1.807, 2.05) is 0 Å². The maximum Gasteiger partial charge on any atom is 0.658 e. The molecule has 4 rings (SSSR count). The summed E-state index contributed by atoms with van der Waals surface area (Å²) in [5.41, 5.74) is 1.01. The van der Waals surface area contributed by atoms with E-state index >= 15 is 0 Å². The molecular weight excluding hydrogens is 475 g/mol. The second-order valence-corrected chi connectivity index (χ2v) is 8.81. The molecule has 1 radical (unpaired) electrons. The van der Waals surface area contributed by atoms with Gasteiger partial charge in [0.05, 0.1) is 26.4 Å². The molecule has 2 aromatic carbocycles. The van der Waals surface area contributed by atoms with Crippen molar-refractivity contribution in [3.63, 3.8) is 0 Å². The average Bonchev–Trinajstić information content (AvgIpc) is 2.94. The molecule has 2 N–H and O–H groups in total. The molecule has 2 heterocycles. The summed E-state index contributed by atoms with van der Waals surface area (Å²) in [5.74, 6) is 0.620. The van der Waals surface area contributed by atoms with Gasteiger partial charge in [0, 0.05) is 63.5 Å². The lowest BCUT2D eigenvalue weighted by Crippen LogP contribution is -2.41. The number of carbonyl (C=O) groups excluding carboxylic acids is 2. The summed E-state index contributed by atoms with van der Waals surface area (Å²) in [7, 11) is 1.19. The van der Waals surface area contributed by atoms with Gasteiger partial charge in [0.25, 0.3) is 11.8 Å². The zero-order chi connectivity index (χ0) is 25.7. The Labute approximate surface area is 218 Å². The van der Waals surface area contributed by atoms with Gasteiger partial charge >= 0.3 is 7.69 Å². The van der Waals surface area contributed by atoms with Gasteiger partial charge in [-0.15, -0.1) is 0 Å². The van der Waals surface area contributed by atoms with Crippen LogP contribution in [-0.4, -0.2) is 108 Å². The van der Waals surface area contributed by atoms with Crippen molar-refractivity contribution >= 4 is 19.5 Å². The highest BCUT2D eigenvalue weighted by Gasteiger charge is 2.13. The van der Waals surface area contributed by atoms with Gasteiger partial charge < -0.3 is 29.4 Å². The molecule has 11 heteroatoms. The number of ether oxygens (including phenoxy) is 2. The number of nitrogens with zero attached hydrogens (tertiary/aromatic N) is 2. The molecule has 2 saturated heterocycles.